The molecular weight excluding hydrogens is 250 g/mol. The molecule has 1 atom stereocenters. The summed E-state index contributed by atoms with van der Waals surface area (Å²) in [5, 5.41) is 13.8. The molecule has 96 valence electrons. The van der Waals surface area contributed by atoms with Gasteiger partial charge in [-0.25, -0.2) is 9.67 Å². The summed E-state index contributed by atoms with van der Waals surface area (Å²) in [6.45, 7) is 0.646. The van der Waals surface area contributed by atoms with E-state index in [0.717, 1.165) is 5.82 Å². The van der Waals surface area contributed by atoms with Gasteiger partial charge in [0.15, 0.2) is 0 Å². The van der Waals surface area contributed by atoms with Gasteiger partial charge in [-0.3, -0.25) is 4.79 Å². The molecular formula is C10H9N7O2. The van der Waals surface area contributed by atoms with Crippen molar-refractivity contribution in [1.82, 2.24) is 24.5 Å². The fourth-order valence-corrected chi connectivity index (χ4v) is 1.99. The van der Waals surface area contributed by atoms with E-state index in [4.69, 9.17) is 0 Å². The molecule has 0 fully saturated rings. The van der Waals surface area contributed by atoms with Crippen molar-refractivity contribution in [2.75, 3.05) is 0 Å². The molecule has 0 aliphatic carbocycles. The lowest BCUT2D eigenvalue weighted by molar-refractivity contribution is 0.0985. The van der Waals surface area contributed by atoms with Crippen molar-refractivity contribution >= 4 is 17.9 Å². The Morgan fingerprint density at radius 3 is 3.21 bits per heavy atom. The number of aromatic nitrogens is 5. The summed E-state index contributed by atoms with van der Waals surface area (Å²) in [4.78, 5) is 25.9. The number of carbonyl (C=O) groups is 1. The van der Waals surface area contributed by atoms with Crippen LogP contribution < -0.4 is 0 Å². The van der Waals surface area contributed by atoms with E-state index in [1.54, 1.807) is 23.2 Å². The van der Waals surface area contributed by atoms with Crippen molar-refractivity contribution in [2.45, 2.75) is 19.0 Å². The van der Waals surface area contributed by atoms with Crippen LogP contribution in [0, 0.1) is 4.91 Å². The zero-order valence-electron chi connectivity index (χ0n) is 9.75. The second kappa shape index (κ2) is 4.52. The SMILES string of the molecule is O=NC(=O)c1nncn1C1C=Nc2ccnn2CC1. The Balaban J connectivity index is 1.92. The van der Waals surface area contributed by atoms with Crippen LogP contribution in [0.3, 0.4) is 0 Å². The van der Waals surface area contributed by atoms with E-state index in [1.165, 1.54) is 10.9 Å². The number of nitrogens with zero attached hydrogens (tertiary/aromatic N) is 7. The van der Waals surface area contributed by atoms with Gasteiger partial charge in [0.1, 0.15) is 12.1 Å². The number of amides is 1. The molecule has 0 spiro atoms. The van der Waals surface area contributed by atoms with Crippen LogP contribution in [0.4, 0.5) is 5.82 Å². The number of hydrogen-bond donors (Lipinski definition) is 0. The molecule has 1 unspecified atom stereocenters. The minimum Gasteiger partial charge on any atom is -0.301 e. The van der Waals surface area contributed by atoms with E-state index in [0.29, 0.717) is 13.0 Å². The first kappa shape index (κ1) is 11.4. The van der Waals surface area contributed by atoms with E-state index < -0.39 is 5.91 Å². The molecule has 0 saturated heterocycles. The number of fused-ring (bicyclic) bond motifs is 1. The molecule has 9 heteroatoms. The van der Waals surface area contributed by atoms with Crippen molar-refractivity contribution in [2.24, 2.45) is 10.2 Å². The topological polar surface area (TPSA) is 107 Å². The lowest BCUT2D eigenvalue weighted by atomic mass is 10.2. The van der Waals surface area contributed by atoms with E-state index in [-0.39, 0.29) is 11.9 Å². The highest BCUT2D eigenvalue weighted by molar-refractivity contribution is 5.91. The van der Waals surface area contributed by atoms with E-state index >= 15 is 0 Å². The normalized spacial score (nSPS) is 17.8. The third-order valence-electron chi connectivity index (χ3n) is 2.91. The molecule has 0 N–H and O–H groups in total. The third-order valence-corrected chi connectivity index (χ3v) is 2.91. The average molecular weight is 259 g/mol. The Morgan fingerprint density at radius 1 is 1.47 bits per heavy atom. The largest absolute Gasteiger partial charge is 0.353 e. The maximum atomic E-state index is 11.3. The number of hydrogen-bond acceptors (Lipinski definition) is 6. The van der Waals surface area contributed by atoms with Crippen LogP contribution in [0.25, 0.3) is 0 Å². The Kier molecular flexibility index (Phi) is 2.71. The third kappa shape index (κ3) is 1.94. The molecule has 1 amide bonds. The molecule has 0 aromatic carbocycles. The lowest BCUT2D eigenvalue weighted by Gasteiger charge is -2.12. The summed E-state index contributed by atoms with van der Waals surface area (Å²) in [5.74, 6) is -0.268. The quantitative estimate of drug-likeness (QED) is 0.738. The molecule has 3 heterocycles. The first-order chi connectivity index (χ1) is 9.29. The zero-order chi connectivity index (χ0) is 13.2. The van der Waals surface area contributed by atoms with Gasteiger partial charge in [0.25, 0.3) is 0 Å². The molecule has 0 saturated carbocycles. The van der Waals surface area contributed by atoms with Gasteiger partial charge in [0.05, 0.1) is 12.2 Å². The summed E-state index contributed by atoms with van der Waals surface area (Å²) in [6.07, 6.45) is 5.42. The summed E-state index contributed by atoms with van der Waals surface area (Å²) >= 11 is 0. The summed E-state index contributed by atoms with van der Waals surface area (Å²) < 4.78 is 3.26. The predicted octanol–water partition coefficient (Wildman–Crippen LogP) is 0.728. The van der Waals surface area contributed by atoms with Crippen LogP contribution >= 0.6 is 0 Å². The second-order valence-corrected chi connectivity index (χ2v) is 4.00. The molecule has 1 aliphatic heterocycles. The zero-order valence-corrected chi connectivity index (χ0v) is 9.75. The van der Waals surface area contributed by atoms with Gasteiger partial charge in [-0.2, -0.15) is 5.10 Å². The van der Waals surface area contributed by atoms with Gasteiger partial charge in [0, 0.05) is 24.0 Å². The van der Waals surface area contributed by atoms with Crippen LogP contribution in [0.15, 0.2) is 28.8 Å². The number of aliphatic imine (C=N–C) groups is 1. The number of aryl methyl sites for hydroxylation is 1. The molecule has 9 nitrogen and oxygen atoms in total. The monoisotopic (exact) mass is 259 g/mol. The number of nitroso groups, excluding NO2 is 1. The maximum absolute atomic E-state index is 11.3. The van der Waals surface area contributed by atoms with E-state index in [1.807, 2.05) is 0 Å². The molecule has 0 bridgehead atoms. The van der Waals surface area contributed by atoms with Gasteiger partial charge in [0.2, 0.25) is 5.82 Å². The Labute approximate surface area is 106 Å². The van der Waals surface area contributed by atoms with Crippen molar-refractivity contribution in [3.8, 4) is 0 Å². The highest BCUT2D eigenvalue weighted by Crippen LogP contribution is 2.21. The number of carbonyl (C=O) groups excluding carboxylic acids is 1. The van der Waals surface area contributed by atoms with Crippen molar-refractivity contribution in [3.63, 3.8) is 0 Å². The summed E-state index contributed by atoms with van der Waals surface area (Å²) in [7, 11) is 0. The van der Waals surface area contributed by atoms with Crippen LogP contribution in [-0.4, -0.2) is 36.7 Å². The lowest BCUT2D eigenvalue weighted by Crippen LogP contribution is -2.16. The summed E-state index contributed by atoms with van der Waals surface area (Å²) in [6, 6.07) is 1.58. The van der Waals surface area contributed by atoms with Gasteiger partial charge in [-0.15, -0.1) is 15.1 Å². The minimum absolute atomic E-state index is 0.0778. The highest BCUT2D eigenvalue weighted by Gasteiger charge is 2.21. The van der Waals surface area contributed by atoms with Crippen LogP contribution in [0.5, 0.6) is 0 Å². The summed E-state index contributed by atoms with van der Waals surface area (Å²) in [5.41, 5.74) is 0. The van der Waals surface area contributed by atoms with Gasteiger partial charge >= 0.3 is 5.91 Å². The molecule has 1 aliphatic rings. The van der Waals surface area contributed by atoms with Gasteiger partial charge in [-0.1, -0.05) is 0 Å². The van der Waals surface area contributed by atoms with Crippen molar-refractivity contribution in [1.29, 1.82) is 0 Å². The fraction of sp³-hybridized carbons (Fsp3) is 0.300. The van der Waals surface area contributed by atoms with Gasteiger partial charge < -0.3 is 4.57 Å². The second-order valence-electron chi connectivity index (χ2n) is 4.00. The fourth-order valence-electron chi connectivity index (χ4n) is 1.99. The van der Waals surface area contributed by atoms with Crippen LogP contribution in [0.2, 0.25) is 0 Å². The first-order valence-corrected chi connectivity index (χ1v) is 5.63. The Morgan fingerprint density at radius 2 is 2.37 bits per heavy atom. The molecule has 2 aromatic rings. The molecule has 19 heavy (non-hydrogen) atoms. The standard InChI is InChI=1S/C10H9N7O2/c18-10(15-19)9-14-12-6-16(9)7-2-4-17-8(11-5-7)1-3-13-17/h1,3,5-7H,2,4H2. The average Bonchev–Trinajstić information content (AvgIpc) is 3.04. The van der Waals surface area contributed by atoms with Crippen molar-refractivity contribution in [3.05, 3.63) is 29.3 Å². The Bertz CT molecular complexity index is 656. The minimum atomic E-state index is -0.937. The maximum Gasteiger partial charge on any atom is 0.353 e. The Hall–Kier alpha value is -2.71. The van der Waals surface area contributed by atoms with Crippen LogP contribution in [-0.2, 0) is 6.54 Å². The molecule has 0 radical (unpaired) electrons. The highest BCUT2D eigenvalue weighted by atomic mass is 16.3. The van der Waals surface area contributed by atoms with Gasteiger partial charge in [-0.05, 0) is 6.42 Å². The molecule has 2 aromatic heterocycles. The van der Waals surface area contributed by atoms with E-state index in [2.05, 4.69) is 25.5 Å². The van der Waals surface area contributed by atoms with E-state index in [9.17, 15) is 9.70 Å². The van der Waals surface area contributed by atoms with Crippen LogP contribution in [0.1, 0.15) is 23.1 Å². The number of rotatable bonds is 2. The predicted molar refractivity (Wildman–Crippen MR) is 64.2 cm³/mol. The molecule has 3 rings (SSSR count). The smallest absolute Gasteiger partial charge is 0.301 e. The first-order valence-electron chi connectivity index (χ1n) is 5.63. The van der Waals surface area contributed by atoms with Crippen molar-refractivity contribution < 1.29 is 4.79 Å².